The van der Waals surface area contributed by atoms with Gasteiger partial charge in [-0.1, -0.05) is 105 Å². The number of hydrogen-bond acceptors (Lipinski definition) is 4. The van der Waals surface area contributed by atoms with Crippen LogP contribution in [0.2, 0.25) is 17.3 Å². The van der Waals surface area contributed by atoms with Gasteiger partial charge in [-0.25, -0.2) is 0 Å². The molecule has 0 saturated carbocycles. The largest absolute Gasteiger partial charge is 0 e. The Morgan fingerprint density at radius 2 is 1.35 bits per heavy atom. The average Bonchev–Trinajstić information content (AvgIpc) is 3.91. The van der Waals surface area contributed by atoms with Crippen molar-refractivity contribution in [3.05, 3.63) is 174 Å². The fourth-order valence-electron chi connectivity index (χ4n) is 9.11. The van der Waals surface area contributed by atoms with Crippen molar-refractivity contribution in [3.8, 4) is 39.5 Å². The molecule has 1 radical (unpaired) electrons. The predicted molar refractivity (Wildman–Crippen MR) is 277 cm³/mol. The maximum Gasteiger partial charge on any atom is 0 e. The minimum atomic E-state index is -2.09. The summed E-state index contributed by atoms with van der Waals surface area (Å²) in [6.45, 7) is 13.5. The van der Waals surface area contributed by atoms with E-state index in [1.54, 1.807) is 18.2 Å². The molecule has 6 aromatic carbocycles. The van der Waals surface area contributed by atoms with Gasteiger partial charge < -0.3 is 8.98 Å². The number of pyridine rings is 2. The molecule has 0 N–H and O–H groups in total. The summed E-state index contributed by atoms with van der Waals surface area (Å²) in [4.78, 5) is 15.2. The third kappa shape index (κ3) is 8.84. The predicted octanol–water partition coefficient (Wildman–Crippen LogP) is 15.7. The molecule has 0 aliphatic rings. The molecule has 4 heterocycles. The van der Waals surface area contributed by atoms with E-state index in [-0.39, 0.29) is 31.9 Å². The van der Waals surface area contributed by atoms with Crippen molar-refractivity contribution in [3.63, 3.8) is 0 Å². The van der Waals surface area contributed by atoms with E-state index >= 15 is 0 Å². The monoisotopic (exact) mass is 1110 g/mol. The number of furan rings is 1. The van der Waals surface area contributed by atoms with Crippen LogP contribution in [-0.4, -0.2) is 32.8 Å². The summed E-state index contributed by atoms with van der Waals surface area (Å²) in [6, 6.07) is 49.8. The van der Waals surface area contributed by atoms with E-state index in [9.17, 15) is 0 Å². The molecule has 0 fully saturated rings. The van der Waals surface area contributed by atoms with Crippen LogP contribution in [-0.2, 0) is 20.1 Å². The van der Waals surface area contributed by atoms with Gasteiger partial charge in [0, 0.05) is 36.6 Å². The van der Waals surface area contributed by atoms with E-state index in [4.69, 9.17) is 18.5 Å². The minimum Gasteiger partial charge on any atom is 0 e. The van der Waals surface area contributed by atoms with Gasteiger partial charge in [-0.2, -0.15) is 0 Å². The Morgan fingerprint density at radius 1 is 0.682 bits per heavy atom. The van der Waals surface area contributed by atoms with Crippen LogP contribution in [0.4, 0.5) is 0 Å². The van der Waals surface area contributed by atoms with Gasteiger partial charge in [-0.3, -0.25) is 9.97 Å². The van der Waals surface area contributed by atoms with Crippen LogP contribution in [0.1, 0.15) is 91.4 Å². The maximum atomic E-state index is 7.44. The van der Waals surface area contributed by atoms with Crippen molar-refractivity contribution in [2.24, 2.45) is 0 Å². The van der Waals surface area contributed by atoms with Gasteiger partial charge in [-0.15, -0.1) is 18.2 Å². The molecule has 0 atom stereocenters. The van der Waals surface area contributed by atoms with Gasteiger partial charge in [0.1, 0.15) is 5.58 Å². The smallest absolute Gasteiger partial charge is 0 e. The van der Waals surface area contributed by atoms with E-state index in [0.29, 0.717) is 11.5 Å². The van der Waals surface area contributed by atoms with Gasteiger partial charge in [0.2, 0.25) is 0 Å². The summed E-state index contributed by atoms with van der Waals surface area (Å²) in [5.41, 5.74) is 15.9. The summed E-state index contributed by atoms with van der Waals surface area (Å²) >= 11 is -1.97. The van der Waals surface area contributed by atoms with Crippen LogP contribution in [0.25, 0.3) is 83.3 Å². The number of fused-ring (bicyclic) bond motifs is 6. The van der Waals surface area contributed by atoms with Crippen LogP contribution >= 0.6 is 0 Å². The first kappa shape index (κ1) is 42.9. The van der Waals surface area contributed by atoms with Gasteiger partial charge >= 0.3 is 130 Å². The summed E-state index contributed by atoms with van der Waals surface area (Å²) in [6.07, 6.45) is 2.02. The SMILES string of the molecule is Cc1nc2ccccc2c2nc(-c3[c-]ccc4c3oc3ccccc34)n(-c3c(C(C)C)cc(-c4ccccc4)cc3C(C)C)c12.[2H]C([2H])([2H])c1c[c-]c(-c2cc(C(C)C)[c]([Ge]([CH3])([CH3])[CH3])cn2)cc1.[Ir]. The Labute approximate surface area is 410 Å². The van der Waals surface area contributed by atoms with Crippen molar-refractivity contribution in [1.82, 2.24) is 19.5 Å². The summed E-state index contributed by atoms with van der Waals surface area (Å²) in [7, 11) is 0. The molecule has 7 heteroatoms. The maximum absolute atomic E-state index is 7.44. The number of aryl methyl sites for hydroxylation is 2. The number of nitrogens with zero attached hydrogens (tertiary/aromatic N) is 4. The molecule has 0 saturated heterocycles. The van der Waals surface area contributed by atoms with E-state index < -0.39 is 20.1 Å². The summed E-state index contributed by atoms with van der Waals surface area (Å²) in [5.74, 6) is 8.89. The third-order valence-corrected chi connectivity index (χ3v) is 16.7. The quantitative estimate of drug-likeness (QED) is 0.112. The van der Waals surface area contributed by atoms with Crippen LogP contribution in [0.3, 0.4) is 0 Å². The zero-order chi connectivity index (χ0) is 48.2. The number of hydrogen-bond donors (Lipinski definition) is 0. The third-order valence-electron chi connectivity index (χ3n) is 12.4. The second kappa shape index (κ2) is 18.9. The number of aromatic nitrogens is 4. The zero-order valence-corrected chi connectivity index (χ0v) is 44.0. The molecule has 66 heavy (non-hydrogen) atoms. The van der Waals surface area contributed by atoms with Crippen LogP contribution in [0.15, 0.2) is 138 Å². The molecule has 4 aromatic heterocycles. The van der Waals surface area contributed by atoms with Crippen LogP contribution < -0.4 is 4.40 Å². The van der Waals surface area contributed by atoms with Crippen molar-refractivity contribution in [1.29, 1.82) is 0 Å². The molecular formula is C59H58GeIrN4O-2. The Kier molecular flexibility index (Phi) is 12.3. The first-order chi connectivity index (χ1) is 32.4. The van der Waals surface area contributed by atoms with Gasteiger partial charge in [0.25, 0.3) is 0 Å². The van der Waals surface area contributed by atoms with E-state index in [2.05, 4.69) is 172 Å². The molecule has 335 valence electrons. The molecular weight excluding hydrogens is 1050 g/mol. The van der Waals surface area contributed by atoms with Gasteiger partial charge in [-0.05, 0) is 65.3 Å². The molecule has 0 spiro atoms. The second-order valence-corrected chi connectivity index (χ2v) is 29.7. The normalized spacial score (nSPS) is 12.7. The molecule has 0 aliphatic carbocycles. The summed E-state index contributed by atoms with van der Waals surface area (Å²) < 4.78 is 32.7. The fourth-order valence-corrected chi connectivity index (χ4v) is 12.6. The molecule has 5 nitrogen and oxygen atoms in total. The van der Waals surface area contributed by atoms with Crippen molar-refractivity contribution in [2.75, 3.05) is 0 Å². The van der Waals surface area contributed by atoms with Gasteiger partial charge in [0.15, 0.2) is 0 Å². The van der Waals surface area contributed by atoms with E-state index in [1.807, 2.05) is 30.5 Å². The number of benzene rings is 6. The molecule has 0 aliphatic heterocycles. The molecule has 10 rings (SSSR count). The topological polar surface area (TPSA) is 56.7 Å². The first-order valence-corrected chi connectivity index (χ1v) is 30.1. The standard InChI is InChI=1S/C41H34N3O.C18H24GeN.Ir/c1-24(2)33-22-28(27-14-7-6-8-15-27)23-34(25(3)4)39(33)44-38-26(5)42-35-20-11-9-17-31(35)37(38)43-41(44)32-19-13-18-30-29-16-10-12-21-36(29)45-40(30)32;1-13(2)16-11-18(15-9-7-14(3)8-10-15)20-12-17(16)19(4,5)6;/h6-18,20-25H,1-5H3;7-9,11-13H,1-6H3;/q2*-1;/i;3D3;. The van der Waals surface area contributed by atoms with Crippen LogP contribution in [0.5, 0.6) is 0 Å². The van der Waals surface area contributed by atoms with E-state index in [1.165, 1.54) is 37.9 Å². The zero-order valence-electron chi connectivity index (χ0n) is 42.5. The first-order valence-electron chi connectivity index (χ1n) is 24.3. The molecule has 10 aromatic rings. The molecule has 0 amide bonds. The molecule has 0 bridgehead atoms. The van der Waals surface area contributed by atoms with Crippen molar-refractivity contribution in [2.45, 2.75) is 90.3 Å². The average molecular weight is 1110 g/mol. The Morgan fingerprint density at radius 3 is 2.00 bits per heavy atom. The number of rotatable bonds is 8. The Bertz CT molecular complexity index is 3450. The Hall–Kier alpha value is -5.66. The van der Waals surface area contributed by atoms with Crippen molar-refractivity contribution < 1.29 is 28.6 Å². The summed E-state index contributed by atoms with van der Waals surface area (Å²) in [5, 5.41) is 3.19. The second-order valence-electron chi connectivity index (χ2n) is 19.1. The van der Waals surface area contributed by atoms with Crippen LogP contribution in [0, 0.1) is 25.9 Å². The van der Waals surface area contributed by atoms with E-state index in [0.717, 1.165) is 72.2 Å². The van der Waals surface area contributed by atoms with Gasteiger partial charge in [0.05, 0.1) is 33.7 Å². The molecule has 0 unspecified atom stereocenters. The Balaban J connectivity index is 0.000000227. The fraction of sp³-hybridized carbons (Fsp3) is 0.237. The minimum absolute atomic E-state index is 0. The van der Waals surface area contributed by atoms with Crippen molar-refractivity contribution >= 4 is 61.5 Å². The number of para-hydroxylation sites is 2. The number of imidazole rings is 1.